The summed E-state index contributed by atoms with van der Waals surface area (Å²) in [5.74, 6) is -1.17. The van der Waals surface area contributed by atoms with Gasteiger partial charge in [-0.05, 0) is 19.9 Å². The van der Waals surface area contributed by atoms with Crippen molar-refractivity contribution in [1.82, 2.24) is 4.98 Å². The number of carboxylic acid groups (broad SMARTS) is 1. The van der Waals surface area contributed by atoms with E-state index in [0.29, 0.717) is 0 Å². The third-order valence-electron chi connectivity index (χ3n) is 2.07. The van der Waals surface area contributed by atoms with Crippen LogP contribution in [0.2, 0.25) is 0 Å². The Labute approximate surface area is 96.6 Å². The lowest BCUT2D eigenvalue weighted by Crippen LogP contribution is -2.40. The molecule has 0 saturated heterocycles. The number of anilines is 2. The average molecular weight is 240 g/mol. The SMILES string of the molecule is CC(C)(Nc1ccc([N+](=O)[O-])c(N)n1)C(=O)O. The molecule has 0 saturated carbocycles. The Morgan fingerprint density at radius 1 is 1.59 bits per heavy atom. The molecule has 0 spiro atoms. The molecule has 4 N–H and O–H groups in total. The van der Waals surface area contributed by atoms with Crippen LogP contribution in [0.1, 0.15) is 13.8 Å². The van der Waals surface area contributed by atoms with E-state index in [0.717, 1.165) is 0 Å². The Morgan fingerprint density at radius 2 is 2.18 bits per heavy atom. The molecule has 1 aromatic rings. The second-order valence-electron chi connectivity index (χ2n) is 3.91. The van der Waals surface area contributed by atoms with Gasteiger partial charge in [0.1, 0.15) is 11.4 Å². The van der Waals surface area contributed by atoms with Crippen molar-refractivity contribution in [2.75, 3.05) is 11.1 Å². The summed E-state index contributed by atoms with van der Waals surface area (Å²) >= 11 is 0. The number of aliphatic carboxylic acids is 1. The third-order valence-corrected chi connectivity index (χ3v) is 2.07. The topological polar surface area (TPSA) is 131 Å². The van der Waals surface area contributed by atoms with Crippen LogP contribution in [0.3, 0.4) is 0 Å². The first-order chi connectivity index (χ1) is 7.74. The van der Waals surface area contributed by atoms with Crippen molar-refractivity contribution in [1.29, 1.82) is 0 Å². The first kappa shape index (κ1) is 12.7. The number of nitro groups is 1. The van der Waals surface area contributed by atoms with E-state index in [1.807, 2.05) is 0 Å². The highest BCUT2D eigenvalue weighted by Crippen LogP contribution is 2.22. The van der Waals surface area contributed by atoms with Gasteiger partial charge >= 0.3 is 11.7 Å². The van der Waals surface area contributed by atoms with E-state index >= 15 is 0 Å². The number of nitrogens with zero attached hydrogens (tertiary/aromatic N) is 2. The Kier molecular flexibility index (Phi) is 3.16. The molecule has 0 aliphatic rings. The van der Waals surface area contributed by atoms with E-state index in [1.165, 1.54) is 26.0 Å². The molecule has 1 rings (SSSR count). The average Bonchev–Trinajstić information content (AvgIpc) is 2.15. The molecule has 8 nitrogen and oxygen atoms in total. The molecule has 17 heavy (non-hydrogen) atoms. The van der Waals surface area contributed by atoms with Crippen LogP contribution in [0.25, 0.3) is 0 Å². The molecular formula is C9H12N4O4. The first-order valence-electron chi connectivity index (χ1n) is 4.66. The Morgan fingerprint density at radius 3 is 2.59 bits per heavy atom. The number of carbonyl (C=O) groups is 1. The van der Waals surface area contributed by atoms with E-state index in [1.54, 1.807) is 0 Å². The number of aromatic nitrogens is 1. The van der Waals surface area contributed by atoms with Crippen LogP contribution in [0, 0.1) is 10.1 Å². The molecule has 0 aliphatic carbocycles. The van der Waals surface area contributed by atoms with Gasteiger partial charge in [-0.25, -0.2) is 9.78 Å². The molecule has 0 radical (unpaired) electrons. The number of hydrogen-bond acceptors (Lipinski definition) is 6. The molecule has 8 heteroatoms. The maximum atomic E-state index is 10.9. The lowest BCUT2D eigenvalue weighted by molar-refractivity contribution is -0.384. The van der Waals surface area contributed by atoms with Crippen molar-refractivity contribution in [3.8, 4) is 0 Å². The van der Waals surface area contributed by atoms with Gasteiger partial charge in [-0.2, -0.15) is 0 Å². The molecule has 0 aromatic carbocycles. The fourth-order valence-corrected chi connectivity index (χ4v) is 1.07. The van der Waals surface area contributed by atoms with Gasteiger partial charge in [0, 0.05) is 6.07 Å². The van der Waals surface area contributed by atoms with Crippen LogP contribution in [-0.2, 0) is 4.79 Å². The van der Waals surface area contributed by atoms with Crippen LogP contribution >= 0.6 is 0 Å². The first-order valence-corrected chi connectivity index (χ1v) is 4.66. The maximum Gasteiger partial charge on any atom is 0.328 e. The molecule has 0 amide bonds. The number of nitrogens with one attached hydrogen (secondary N) is 1. The number of nitrogen functional groups attached to an aromatic ring is 1. The summed E-state index contributed by atoms with van der Waals surface area (Å²) in [7, 11) is 0. The minimum absolute atomic E-state index is 0.167. The second-order valence-corrected chi connectivity index (χ2v) is 3.91. The zero-order valence-corrected chi connectivity index (χ0v) is 9.30. The predicted molar refractivity (Wildman–Crippen MR) is 60.6 cm³/mol. The van der Waals surface area contributed by atoms with Gasteiger partial charge in [0.2, 0.25) is 5.82 Å². The van der Waals surface area contributed by atoms with Crippen molar-refractivity contribution >= 4 is 23.3 Å². The number of pyridine rings is 1. The van der Waals surface area contributed by atoms with Crippen molar-refractivity contribution in [2.45, 2.75) is 19.4 Å². The molecule has 0 aliphatic heterocycles. The molecular weight excluding hydrogens is 228 g/mol. The maximum absolute atomic E-state index is 10.9. The minimum atomic E-state index is -1.24. The van der Waals surface area contributed by atoms with Gasteiger partial charge in [-0.15, -0.1) is 0 Å². The Bertz CT molecular complexity index is 472. The summed E-state index contributed by atoms with van der Waals surface area (Å²) in [5, 5.41) is 22.0. The van der Waals surface area contributed by atoms with Crippen molar-refractivity contribution in [3.63, 3.8) is 0 Å². The van der Waals surface area contributed by atoms with Crippen molar-refractivity contribution in [2.24, 2.45) is 0 Å². The highest BCUT2D eigenvalue weighted by molar-refractivity contribution is 5.81. The Hall–Kier alpha value is -2.38. The summed E-state index contributed by atoms with van der Waals surface area (Å²) in [4.78, 5) is 24.4. The van der Waals surface area contributed by atoms with E-state index in [2.05, 4.69) is 10.3 Å². The van der Waals surface area contributed by atoms with E-state index in [-0.39, 0.29) is 17.3 Å². The van der Waals surface area contributed by atoms with E-state index < -0.39 is 16.4 Å². The van der Waals surface area contributed by atoms with E-state index in [9.17, 15) is 14.9 Å². The monoisotopic (exact) mass is 240 g/mol. The van der Waals surface area contributed by atoms with Crippen LogP contribution in [0.15, 0.2) is 12.1 Å². The number of nitrogens with two attached hydrogens (primary N) is 1. The van der Waals surface area contributed by atoms with Gasteiger partial charge < -0.3 is 16.2 Å². The third kappa shape index (κ3) is 2.80. The molecule has 1 heterocycles. The molecule has 0 fully saturated rings. The normalized spacial score (nSPS) is 10.9. The zero-order chi connectivity index (χ0) is 13.2. The molecule has 0 unspecified atom stereocenters. The van der Waals surface area contributed by atoms with Crippen LogP contribution in [0.4, 0.5) is 17.3 Å². The standard InChI is InChI=1S/C9H12N4O4/c1-9(2,8(14)15)12-6-4-3-5(13(16)17)7(10)11-6/h3-4H,1-2H3,(H,14,15)(H3,10,11,12). The minimum Gasteiger partial charge on any atom is -0.480 e. The Balaban J connectivity index is 2.99. The number of hydrogen-bond donors (Lipinski definition) is 3. The molecule has 0 atom stereocenters. The van der Waals surface area contributed by atoms with Crippen molar-refractivity contribution in [3.05, 3.63) is 22.2 Å². The van der Waals surface area contributed by atoms with Crippen LogP contribution in [0.5, 0.6) is 0 Å². The predicted octanol–water partition coefficient (Wildman–Crippen LogP) is 0.847. The van der Waals surface area contributed by atoms with Gasteiger partial charge in [0.15, 0.2) is 0 Å². The summed E-state index contributed by atoms with van der Waals surface area (Å²) < 4.78 is 0. The van der Waals surface area contributed by atoms with Gasteiger partial charge in [0.05, 0.1) is 4.92 Å². The fraction of sp³-hybridized carbons (Fsp3) is 0.333. The van der Waals surface area contributed by atoms with E-state index in [4.69, 9.17) is 10.8 Å². The second kappa shape index (κ2) is 4.24. The molecule has 92 valence electrons. The largest absolute Gasteiger partial charge is 0.480 e. The smallest absolute Gasteiger partial charge is 0.328 e. The summed E-state index contributed by atoms with van der Waals surface area (Å²) in [6.07, 6.45) is 0. The lowest BCUT2D eigenvalue weighted by atomic mass is 10.1. The lowest BCUT2D eigenvalue weighted by Gasteiger charge is -2.21. The summed E-state index contributed by atoms with van der Waals surface area (Å²) in [5.41, 5.74) is 3.82. The van der Waals surface area contributed by atoms with Gasteiger partial charge in [-0.3, -0.25) is 10.1 Å². The summed E-state index contributed by atoms with van der Waals surface area (Å²) in [6.45, 7) is 2.88. The molecule has 0 bridgehead atoms. The highest BCUT2D eigenvalue weighted by Gasteiger charge is 2.27. The fourth-order valence-electron chi connectivity index (χ4n) is 1.07. The zero-order valence-electron chi connectivity index (χ0n) is 9.30. The highest BCUT2D eigenvalue weighted by atomic mass is 16.6. The number of carboxylic acids is 1. The number of rotatable bonds is 4. The van der Waals surface area contributed by atoms with Crippen LogP contribution < -0.4 is 11.1 Å². The summed E-state index contributed by atoms with van der Waals surface area (Å²) in [6, 6.07) is 2.47. The van der Waals surface area contributed by atoms with Crippen LogP contribution in [-0.4, -0.2) is 26.5 Å². The van der Waals surface area contributed by atoms with Crippen molar-refractivity contribution < 1.29 is 14.8 Å². The van der Waals surface area contributed by atoms with Gasteiger partial charge in [-0.1, -0.05) is 0 Å². The van der Waals surface area contributed by atoms with Gasteiger partial charge in [0.25, 0.3) is 0 Å². The quantitative estimate of drug-likeness (QED) is 0.524. The molecule has 1 aromatic heterocycles.